The molecule has 2 aliphatic rings. The smallest absolute Gasteiger partial charge is 0.261 e. The molecule has 0 N–H and O–H groups in total. The number of hydrogen-bond acceptors (Lipinski definition) is 4. The highest BCUT2D eigenvalue weighted by Gasteiger charge is 2.35. The summed E-state index contributed by atoms with van der Waals surface area (Å²) in [6, 6.07) is 15.3. The molecule has 2 amide bonds. The Bertz CT molecular complexity index is 811. The zero-order valence-corrected chi connectivity index (χ0v) is 16.0. The molecule has 2 aromatic carbocycles. The normalized spacial score (nSPS) is 17.7. The van der Waals surface area contributed by atoms with Crippen LogP contribution < -0.4 is 4.90 Å². The third-order valence-corrected chi connectivity index (χ3v) is 5.75. The Balaban J connectivity index is 1.33. The highest BCUT2D eigenvalue weighted by Crippen LogP contribution is 2.27. The quantitative estimate of drug-likeness (QED) is 0.722. The summed E-state index contributed by atoms with van der Waals surface area (Å²) in [7, 11) is 0. The molecule has 0 saturated carbocycles. The first-order chi connectivity index (χ1) is 12.6. The third kappa shape index (κ3) is 3.15. The Morgan fingerprint density at radius 1 is 0.769 bits per heavy atom. The summed E-state index contributed by atoms with van der Waals surface area (Å²) in [5, 5.41) is 0. The molecular weight excluding hydrogens is 394 g/mol. The van der Waals surface area contributed by atoms with E-state index in [0.29, 0.717) is 17.7 Å². The fraction of sp³-hybridized carbons (Fsp3) is 0.300. The molecule has 0 spiro atoms. The number of imide groups is 1. The fourth-order valence-electron chi connectivity index (χ4n) is 3.60. The third-order valence-electron chi connectivity index (χ3n) is 5.08. The van der Waals surface area contributed by atoms with Crippen LogP contribution >= 0.6 is 15.9 Å². The Kier molecular flexibility index (Phi) is 4.78. The van der Waals surface area contributed by atoms with E-state index in [-0.39, 0.29) is 11.8 Å². The first-order valence-electron chi connectivity index (χ1n) is 8.82. The first kappa shape index (κ1) is 17.2. The van der Waals surface area contributed by atoms with E-state index in [4.69, 9.17) is 0 Å². The molecule has 1 fully saturated rings. The summed E-state index contributed by atoms with van der Waals surface area (Å²) >= 11 is 3.61. The lowest BCUT2D eigenvalue weighted by molar-refractivity contribution is 0.0635. The van der Waals surface area contributed by atoms with Crippen LogP contribution in [0.2, 0.25) is 0 Å². The van der Waals surface area contributed by atoms with Crippen LogP contribution in [0.15, 0.2) is 53.0 Å². The number of halogens is 1. The second-order valence-electron chi connectivity index (χ2n) is 6.59. The minimum Gasteiger partial charge on any atom is -0.368 e. The van der Waals surface area contributed by atoms with Crippen LogP contribution in [0.25, 0.3) is 0 Å². The lowest BCUT2D eigenvalue weighted by atomic mass is 10.1. The van der Waals surface area contributed by atoms with Crippen molar-refractivity contribution >= 4 is 33.4 Å². The molecule has 0 aromatic heterocycles. The molecule has 26 heavy (non-hydrogen) atoms. The molecule has 0 aliphatic carbocycles. The van der Waals surface area contributed by atoms with Crippen molar-refractivity contribution in [3.05, 3.63) is 64.1 Å². The first-order valence-corrected chi connectivity index (χ1v) is 9.61. The number of anilines is 1. The van der Waals surface area contributed by atoms with Crippen molar-refractivity contribution in [3.8, 4) is 0 Å². The van der Waals surface area contributed by atoms with Gasteiger partial charge < -0.3 is 4.90 Å². The molecule has 0 unspecified atom stereocenters. The van der Waals surface area contributed by atoms with E-state index in [1.165, 1.54) is 10.6 Å². The summed E-state index contributed by atoms with van der Waals surface area (Å²) in [5.74, 6) is -0.338. The highest BCUT2D eigenvalue weighted by molar-refractivity contribution is 9.10. The number of carbonyl (C=O) groups excluding carboxylic acids is 2. The number of para-hydroxylation sites is 1. The van der Waals surface area contributed by atoms with Crippen LogP contribution in [0, 0.1) is 0 Å². The number of benzene rings is 2. The molecule has 2 aromatic rings. The average Bonchev–Trinajstić information content (AvgIpc) is 2.92. The van der Waals surface area contributed by atoms with Gasteiger partial charge in [-0.15, -0.1) is 0 Å². The van der Waals surface area contributed by atoms with Crippen molar-refractivity contribution in [2.75, 3.05) is 44.2 Å². The number of amides is 2. The second-order valence-corrected chi connectivity index (χ2v) is 7.44. The van der Waals surface area contributed by atoms with Crippen LogP contribution in [0.3, 0.4) is 0 Å². The van der Waals surface area contributed by atoms with Crippen molar-refractivity contribution in [1.82, 2.24) is 9.80 Å². The van der Waals surface area contributed by atoms with Crippen LogP contribution in [0.1, 0.15) is 20.7 Å². The van der Waals surface area contributed by atoms with Crippen molar-refractivity contribution in [2.45, 2.75) is 0 Å². The average molecular weight is 414 g/mol. The number of hydrogen-bond donors (Lipinski definition) is 0. The molecule has 6 heteroatoms. The molecule has 134 valence electrons. The maximum Gasteiger partial charge on any atom is 0.261 e. The Labute approximate surface area is 161 Å². The van der Waals surface area contributed by atoms with Gasteiger partial charge in [0.1, 0.15) is 0 Å². The van der Waals surface area contributed by atoms with Crippen molar-refractivity contribution in [3.63, 3.8) is 0 Å². The second kappa shape index (κ2) is 7.21. The largest absolute Gasteiger partial charge is 0.368 e. The molecule has 0 bridgehead atoms. The van der Waals surface area contributed by atoms with Crippen molar-refractivity contribution < 1.29 is 9.59 Å². The fourth-order valence-corrected chi connectivity index (χ4v) is 4.14. The number of piperazine rings is 1. The molecule has 2 heterocycles. The SMILES string of the molecule is O=C1c2ccccc2C(=O)N1CCN1CCN(c2ccccc2Br)CC1. The van der Waals surface area contributed by atoms with E-state index in [2.05, 4.69) is 43.9 Å². The van der Waals surface area contributed by atoms with E-state index in [1.807, 2.05) is 6.07 Å². The number of fused-ring (bicyclic) bond motifs is 1. The number of rotatable bonds is 4. The van der Waals surface area contributed by atoms with Gasteiger partial charge in [0.15, 0.2) is 0 Å². The van der Waals surface area contributed by atoms with Crippen LogP contribution in [0.4, 0.5) is 5.69 Å². The summed E-state index contributed by atoms with van der Waals surface area (Å²) in [6.07, 6.45) is 0. The maximum absolute atomic E-state index is 12.4. The van der Waals surface area contributed by atoms with Gasteiger partial charge in [0.2, 0.25) is 0 Å². The summed E-state index contributed by atoms with van der Waals surface area (Å²) in [4.78, 5) is 30.9. The van der Waals surface area contributed by atoms with Gasteiger partial charge in [-0.1, -0.05) is 24.3 Å². The van der Waals surface area contributed by atoms with Crippen molar-refractivity contribution in [2.24, 2.45) is 0 Å². The molecule has 0 radical (unpaired) electrons. The predicted molar refractivity (Wildman–Crippen MR) is 105 cm³/mol. The molecule has 5 nitrogen and oxygen atoms in total. The van der Waals surface area contributed by atoms with Crippen molar-refractivity contribution in [1.29, 1.82) is 0 Å². The monoisotopic (exact) mass is 413 g/mol. The standard InChI is InChI=1S/C20H20BrN3O2/c21-17-7-3-4-8-18(17)23-12-9-22(10-13-23)11-14-24-19(25)15-5-1-2-6-16(15)20(24)26/h1-8H,9-14H2. The Morgan fingerprint density at radius 3 is 1.96 bits per heavy atom. The molecule has 1 saturated heterocycles. The summed E-state index contributed by atoms with van der Waals surface area (Å²) in [5.41, 5.74) is 2.26. The lowest BCUT2D eigenvalue weighted by Gasteiger charge is -2.37. The molecular formula is C20H20BrN3O2. The number of nitrogens with zero attached hydrogens (tertiary/aromatic N) is 3. The zero-order valence-electron chi connectivity index (χ0n) is 14.4. The topological polar surface area (TPSA) is 43.9 Å². The Hall–Kier alpha value is -2.18. The predicted octanol–water partition coefficient (Wildman–Crippen LogP) is 2.87. The van der Waals surface area contributed by atoms with E-state index in [0.717, 1.165) is 37.2 Å². The van der Waals surface area contributed by atoms with Gasteiger partial charge in [0, 0.05) is 43.7 Å². The van der Waals surface area contributed by atoms with Gasteiger partial charge in [-0.25, -0.2) is 0 Å². The van der Waals surface area contributed by atoms with E-state index in [1.54, 1.807) is 24.3 Å². The van der Waals surface area contributed by atoms with Gasteiger partial charge >= 0.3 is 0 Å². The van der Waals surface area contributed by atoms with Gasteiger partial charge in [-0.3, -0.25) is 19.4 Å². The Morgan fingerprint density at radius 2 is 1.35 bits per heavy atom. The van der Waals surface area contributed by atoms with E-state index < -0.39 is 0 Å². The molecule has 2 aliphatic heterocycles. The summed E-state index contributed by atoms with van der Waals surface area (Å²) in [6.45, 7) is 4.88. The van der Waals surface area contributed by atoms with Gasteiger partial charge in [0.05, 0.1) is 16.8 Å². The van der Waals surface area contributed by atoms with Gasteiger partial charge in [-0.2, -0.15) is 0 Å². The van der Waals surface area contributed by atoms with Crippen LogP contribution in [-0.2, 0) is 0 Å². The highest BCUT2D eigenvalue weighted by atomic mass is 79.9. The van der Waals surface area contributed by atoms with Crippen LogP contribution in [-0.4, -0.2) is 60.9 Å². The number of carbonyl (C=O) groups is 2. The van der Waals surface area contributed by atoms with E-state index >= 15 is 0 Å². The van der Waals surface area contributed by atoms with E-state index in [9.17, 15) is 9.59 Å². The lowest BCUT2D eigenvalue weighted by Crippen LogP contribution is -2.49. The summed E-state index contributed by atoms with van der Waals surface area (Å²) < 4.78 is 1.11. The van der Waals surface area contributed by atoms with Gasteiger partial charge in [0.25, 0.3) is 11.8 Å². The van der Waals surface area contributed by atoms with Crippen LogP contribution in [0.5, 0.6) is 0 Å². The molecule has 0 atom stereocenters. The maximum atomic E-state index is 12.4. The zero-order chi connectivity index (χ0) is 18.1. The van der Waals surface area contributed by atoms with Gasteiger partial charge in [-0.05, 0) is 40.2 Å². The molecule has 4 rings (SSSR count). The minimum absolute atomic E-state index is 0.169. The minimum atomic E-state index is -0.169.